The number of likely N-dealkylation sites (tertiary alicyclic amines) is 1. The molecule has 1 aromatic carbocycles. The van der Waals surface area contributed by atoms with Gasteiger partial charge >= 0.3 is 0 Å². The molecule has 2 fully saturated rings. The standard InChI is InChI=1S/C22H30N2/c1-3-8-18-15-20-12-13-22(20)21(18)24(22)14-7-11-19(16-23-2)17-9-5-4-6-10-17/h4-6,9-10,12-13,16,18,20-21,23H,3,7-8,11,14-15H2,1-2H3/b19-16-. The second-order valence-electron chi connectivity index (χ2n) is 7.70. The van der Waals surface area contributed by atoms with Gasteiger partial charge in [-0.2, -0.15) is 0 Å². The Morgan fingerprint density at radius 2 is 2.17 bits per heavy atom. The summed E-state index contributed by atoms with van der Waals surface area (Å²) in [5.41, 5.74) is 3.27. The SMILES string of the molecule is CCCC1CC2C=CC23C1N3CCC/C(=C/NC)c1ccccc1. The molecular weight excluding hydrogens is 292 g/mol. The van der Waals surface area contributed by atoms with E-state index >= 15 is 0 Å². The number of nitrogens with zero attached hydrogens (tertiary/aromatic N) is 1. The second kappa shape index (κ2) is 6.40. The molecule has 2 heteroatoms. The fraction of sp³-hybridized carbons (Fsp3) is 0.545. The summed E-state index contributed by atoms with van der Waals surface area (Å²) in [5.74, 6) is 1.80. The molecule has 0 aromatic heterocycles. The third kappa shape index (κ3) is 2.43. The molecule has 3 aliphatic rings. The average Bonchev–Trinajstić information content (AvgIpc) is 3.23. The summed E-state index contributed by atoms with van der Waals surface area (Å²) < 4.78 is 0. The largest absolute Gasteiger partial charge is 0.394 e. The fourth-order valence-corrected chi connectivity index (χ4v) is 5.36. The van der Waals surface area contributed by atoms with Gasteiger partial charge < -0.3 is 5.32 Å². The van der Waals surface area contributed by atoms with Crippen molar-refractivity contribution in [1.82, 2.24) is 10.2 Å². The highest BCUT2D eigenvalue weighted by Crippen LogP contribution is 2.65. The summed E-state index contributed by atoms with van der Waals surface area (Å²) in [5, 5.41) is 3.22. The maximum Gasteiger partial charge on any atom is 0.0617 e. The third-order valence-corrected chi connectivity index (χ3v) is 6.40. The van der Waals surface area contributed by atoms with E-state index in [1.165, 1.54) is 43.4 Å². The first-order chi connectivity index (χ1) is 11.8. The highest BCUT2D eigenvalue weighted by molar-refractivity contribution is 5.65. The lowest BCUT2D eigenvalue weighted by molar-refractivity contribution is 0.274. The van der Waals surface area contributed by atoms with Crippen molar-refractivity contribution in [3.63, 3.8) is 0 Å². The van der Waals surface area contributed by atoms with Gasteiger partial charge in [0.1, 0.15) is 0 Å². The van der Waals surface area contributed by atoms with Crippen LogP contribution >= 0.6 is 0 Å². The number of nitrogens with one attached hydrogen (secondary N) is 1. The highest BCUT2D eigenvalue weighted by atomic mass is 15.4. The van der Waals surface area contributed by atoms with Crippen LogP contribution in [-0.2, 0) is 0 Å². The predicted molar refractivity (Wildman–Crippen MR) is 102 cm³/mol. The van der Waals surface area contributed by atoms with Crippen molar-refractivity contribution in [2.24, 2.45) is 11.8 Å². The molecular formula is C22H30N2. The van der Waals surface area contributed by atoms with Crippen LogP contribution in [0.4, 0.5) is 0 Å². The molecule has 0 amide bonds. The van der Waals surface area contributed by atoms with Crippen molar-refractivity contribution in [2.45, 2.75) is 50.6 Å². The van der Waals surface area contributed by atoms with E-state index < -0.39 is 0 Å². The number of allylic oxidation sites excluding steroid dienone is 1. The lowest BCUT2D eigenvalue weighted by Gasteiger charge is -2.29. The maximum atomic E-state index is 3.22. The molecule has 1 aromatic rings. The van der Waals surface area contributed by atoms with Crippen LogP contribution < -0.4 is 5.32 Å². The minimum Gasteiger partial charge on any atom is -0.394 e. The van der Waals surface area contributed by atoms with Crippen LogP contribution in [-0.4, -0.2) is 30.1 Å². The van der Waals surface area contributed by atoms with E-state index in [-0.39, 0.29) is 0 Å². The zero-order chi connectivity index (χ0) is 16.6. The summed E-state index contributed by atoms with van der Waals surface area (Å²) >= 11 is 0. The van der Waals surface area contributed by atoms with Crippen molar-refractivity contribution >= 4 is 5.57 Å². The van der Waals surface area contributed by atoms with Gasteiger partial charge in [-0.3, -0.25) is 4.90 Å². The highest BCUT2D eigenvalue weighted by Gasteiger charge is 2.73. The van der Waals surface area contributed by atoms with Gasteiger partial charge in [-0.25, -0.2) is 0 Å². The number of hydrogen-bond acceptors (Lipinski definition) is 2. The topological polar surface area (TPSA) is 15.0 Å². The molecule has 24 heavy (non-hydrogen) atoms. The molecule has 1 heterocycles. The molecule has 1 saturated heterocycles. The van der Waals surface area contributed by atoms with E-state index in [1.807, 2.05) is 7.05 Å². The molecule has 1 saturated carbocycles. The summed E-state index contributed by atoms with van der Waals surface area (Å²) in [7, 11) is 2.00. The Kier molecular flexibility index (Phi) is 4.26. The molecule has 0 radical (unpaired) electrons. The van der Waals surface area contributed by atoms with Crippen molar-refractivity contribution in [3.8, 4) is 0 Å². The van der Waals surface area contributed by atoms with Crippen LogP contribution in [0.3, 0.4) is 0 Å². The molecule has 2 aliphatic carbocycles. The number of piperidine rings is 1. The molecule has 5 unspecified atom stereocenters. The molecule has 0 bridgehead atoms. The lowest BCUT2D eigenvalue weighted by atomic mass is 9.83. The van der Waals surface area contributed by atoms with Crippen LogP contribution in [0.25, 0.3) is 5.57 Å². The second-order valence-corrected chi connectivity index (χ2v) is 7.70. The van der Waals surface area contributed by atoms with Gasteiger partial charge in [0, 0.05) is 19.0 Å². The first-order valence-electron chi connectivity index (χ1n) is 9.69. The van der Waals surface area contributed by atoms with E-state index in [2.05, 4.69) is 65.8 Å². The van der Waals surface area contributed by atoms with E-state index in [9.17, 15) is 0 Å². The van der Waals surface area contributed by atoms with Crippen LogP contribution in [0.2, 0.25) is 0 Å². The summed E-state index contributed by atoms with van der Waals surface area (Å²) in [6, 6.07) is 11.7. The maximum absolute atomic E-state index is 3.22. The van der Waals surface area contributed by atoms with Crippen LogP contribution in [0.15, 0.2) is 48.7 Å². The first kappa shape index (κ1) is 16.0. The Morgan fingerprint density at radius 1 is 1.33 bits per heavy atom. The zero-order valence-electron chi connectivity index (χ0n) is 15.0. The third-order valence-electron chi connectivity index (χ3n) is 6.40. The fourth-order valence-electron chi connectivity index (χ4n) is 5.36. The normalized spacial score (nSPS) is 36.0. The smallest absolute Gasteiger partial charge is 0.0617 e. The van der Waals surface area contributed by atoms with E-state index in [0.29, 0.717) is 5.54 Å². The van der Waals surface area contributed by atoms with Gasteiger partial charge in [0.2, 0.25) is 0 Å². The van der Waals surface area contributed by atoms with Crippen LogP contribution in [0, 0.1) is 11.8 Å². The Labute approximate surface area is 146 Å². The minimum absolute atomic E-state index is 0.499. The van der Waals surface area contributed by atoms with Crippen molar-refractivity contribution in [1.29, 1.82) is 0 Å². The first-order valence-corrected chi connectivity index (χ1v) is 9.69. The summed E-state index contributed by atoms with van der Waals surface area (Å²) in [6.45, 7) is 3.58. The van der Waals surface area contributed by atoms with Crippen molar-refractivity contribution in [2.75, 3.05) is 13.6 Å². The van der Waals surface area contributed by atoms with Gasteiger partial charge in [0.15, 0.2) is 0 Å². The molecule has 5 atom stereocenters. The van der Waals surface area contributed by atoms with Gasteiger partial charge in [-0.1, -0.05) is 55.8 Å². The summed E-state index contributed by atoms with van der Waals surface area (Å²) in [6.07, 6.45) is 13.7. The van der Waals surface area contributed by atoms with Gasteiger partial charge in [-0.05, 0) is 55.5 Å². The van der Waals surface area contributed by atoms with Gasteiger partial charge in [-0.15, -0.1) is 0 Å². The van der Waals surface area contributed by atoms with Crippen LogP contribution in [0.5, 0.6) is 0 Å². The van der Waals surface area contributed by atoms with Gasteiger partial charge in [0.05, 0.1) is 5.54 Å². The Hall–Kier alpha value is -1.54. The predicted octanol–water partition coefficient (Wildman–Crippen LogP) is 4.46. The van der Waals surface area contributed by atoms with E-state index in [1.54, 1.807) is 0 Å². The molecule has 1 spiro atoms. The van der Waals surface area contributed by atoms with E-state index in [0.717, 1.165) is 24.3 Å². The van der Waals surface area contributed by atoms with Crippen LogP contribution in [0.1, 0.15) is 44.6 Å². The molecule has 4 rings (SSSR count). The van der Waals surface area contributed by atoms with E-state index in [4.69, 9.17) is 0 Å². The summed E-state index contributed by atoms with van der Waals surface area (Å²) in [4.78, 5) is 2.81. The lowest BCUT2D eigenvalue weighted by Crippen LogP contribution is -2.31. The number of hydrogen-bond donors (Lipinski definition) is 1. The Bertz CT molecular complexity index is 633. The Balaban J connectivity index is 1.35. The van der Waals surface area contributed by atoms with Crippen molar-refractivity contribution < 1.29 is 0 Å². The molecule has 128 valence electrons. The monoisotopic (exact) mass is 322 g/mol. The number of benzene rings is 1. The van der Waals surface area contributed by atoms with Crippen molar-refractivity contribution in [3.05, 3.63) is 54.2 Å². The quantitative estimate of drug-likeness (QED) is 0.561. The average molecular weight is 322 g/mol. The molecule has 2 nitrogen and oxygen atoms in total. The van der Waals surface area contributed by atoms with Gasteiger partial charge in [0.25, 0.3) is 0 Å². The molecule has 1 aliphatic heterocycles. The molecule has 1 N–H and O–H groups in total. The Morgan fingerprint density at radius 3 is 2.83 bits per heavy atom. The zero-order valence-corrected chi connectivity index (χ0v) is 15.0. The number of rotatable bonds is 8. The minimum atomic E-state index is 0.499.